The molecule has 0 radical (unpaired) electrons. The molecule has 0 fully saturated rings. The summed E-state index contributed by atoms with van der Waals surface area (Å²) in [5.41, 5.74) is 6.78. The normalized spacial score (nSPS) is 11.4. The maximum atomic E-state index is 12.6. The Kier molecular flexibility index (Phi) is 29.8. The third kappa shape index (κ3) is 23.3. The molecule has 18 nitrogen and oxygen atoms in total. The van der Waals surface area contributed by atoms with Crippen LogP contribution in [0.1, 0.15) is 58.9 Å². The Bertz CT molecular complexity index is 3550. The Hall–Kier alpha value is -5.70. The first-order valence-electron chi connectivity index (χ1n) is 22.4. The van der Waals surface area contributed by atoms with Gasteiger partial charge in [-0.25, -0.2) is 35.0 Å². The predicted octanol–water partition coefficient (Wildman–Crippen LogP) is 1.03. The van der Waals surface area contributed by atoms with Crippen LogP contribution in [0.2, 0.25) is 0 Å². The molecule has 3 N–H and O–H groups in total. The number of carbonyl (C=O) groups excluding carboxylic acids is 2. The van der Waals surface area contributed by atoms with Gasteiger partial charge in [0.1, 0.15) is 28.2 Å². The van der Waals surface area contributed by atoms with Crippen LogP contribution in [0.4, 0.5) is 5.69 Å². The van der Waals surface area contributed by atoms with Gasteiger partial charge in [0.15, 0.2) is 18.0 Å². The summed E-state index contributed by atoms with van der Waals surface area (Å²) < 4.78 is 122. The van der Waals surface area contributed by atoms with Crippen LogP contribution in [0.25, 0.3) is 5.57 Å². The van der Waals surface area contributed by atoms with Crippen molar-refractivity contribution in [3.63, 3.8) is 0 Å². The van der Waals surface area contributed by atoms with Gasteiger partial charge >= 0.3 is 75.7 Å². The van der Waals surface area contributed by atoms with E-state index in [0.717, 1.165) is 30.6 Å². The molecule has 0 saturated carbocycles. The summed E-state index contributed by atoms with van der Waals surface area (Å²) >= 11 is 0. The number of phenolic OH excluding ortho intramolecular Hbond substituents is 1. The summed E-state index contributed by atoms with van der Waals surface area (Å²) in [7, 11) is -16.4. The molecular weight excluding hydrogens is 1100 g/mol. The average molecular weight is 1160 g/mol. The van der Waals surface area contributed by atoms with Crippen molar-refractivity contribution >= 4 is 69.6 Å². The number of benzene rings is 6. The summed E-state index contributed by atoms with van der Waals surface area (Å²) in [4.78, 5) is 24.0. The summed E-state index contributed by atoms with van der Waals surface area (Å²) in [5, 5.41) is 15.1. The van der Waals surface area contributed by atoms with Crippen molar-refractivity contribution in [3.8, 4) is 11.5 Å². The maximum Gasteiger partial charge on any atom is 1.00 e. The zero-order valence-electron chi connectivity index (χ0n) is 43.8. The minimum Gasteiger partial charge on any atom is -0.748 e. The molecule has 402 valence electrons. The van der Waals surface area contributed by atoms with Crippen molar-refractivity contribution in [3.05, 3.63) is 222 Å². The first-order chi connectivity index (χ1) is 35.3. The van der Waals surface area contributed by atoms with Crippen LogP contribution in [0, 0.1) is 7.43 Å². The van der Waals surface area contributed by atoms with E-state index in [1.165, 1.54) is 48.4 Å². The number of hydrogen-bond donors (Lipinski definition) is 2. The summed E-state index contributed by atoms with van der Waals surface area (Å²) in [6, 6.07) is 44.1. The third-order valence-electron chi connectivity index (χ3n) is 10.6. The van der Waals surface area contributed by atoms with E-state index >= 15 is 0 Å². The van der Waals surface area contributed by atoms with Gasteiger partial charge in [-0.15, -0.1) is 12.6 Å². The molecule has 0 amide bonds. The van der Waals surface area contributed by atoms with Crippen molar-refractivity contribution in [2.75, 3.05) is 24.2 Å². The monoisotopic (exact) mass is 1160 g/mol. The van der Waals surface area contributed by atoms with Gasteiger partial charge in [-0.1, -0.05) is 109 Å². The molecule has 0 aromatic heterocycles. The van der Waals surface area contributed by atoms with Gasteiger partial charge < -0.3 is 31.3 Å². The van der Waals surface area contributed by atoms with Gasteiger partial charge in [0.25, 0.3) is 0 Å². The van der Waals surface area contributed by atoms with Crippen LogP contribution >= 0.6 is 0 Å². The van der Waals surface area contributed by atoms with Gasteiger partial charge in [0.05, 0.1) is 25.5 Å². The number of carbonyl (C=O) groups is 2. The molecule has 0 aliphatic heterocycles. The second-order valence-electron chi connectivity index (χ2n) is 16.0. The molecule has 1 aliphatic rings. The molecule has 0 unspecified atom stereocenters. The van der Waals surface area contributed by atoms with E-state index in [-0.39, 0.29) is 95.0 Å². The number of allylic oxidation sites excluding steroid dienone is 5. The molecule has 0 atom stereocenters. The van der Waals surface area contributed by atoms with Gasteiger partial charge in [-0.05, 0) is 84.7 Å². The fraction of sp³-hybridized carbons (Fsp3) is 0.148. The predicted molar refractivity (Wildman–Crippen MR) is 287 cm³/mol. The minimum absolute atomic E-state index is 0. The Balaban J connectivity index is 0.000000811. The number of sulfonamides is 1. The first kappa shape index (κ1) is 70.3. The number of nitrogens with zero attached hydrogens (tertiary/aromatic N) is 2. The molecule has 1 aliphatic carbocycles. The third-order valence-corrected chi connectivity index (χ3v) is 12.4. The van der Waals surface area contributed by atoms with Gasteiger partial charge in [-0.2, -0.15) is 0 Å². The van der Waals surface area contributed by atoms with Gasteiger partial charge in [0.2, 0.25) is 10.0 Å². The van der Waals surface area contributed by atoms with Crippen LogP contribution in [0.3, 0.4) is 0 Å². The molecule has 7 rings (SSSR count). The number of aromatic hydroxyl groups is 1. The Morgan fingerprint density at radius 1 is 0.679 bits per heavy atom. The smallest absolute Gasteiger partial charge is 0.748 e. The number of anilines is 1. The van der Waals surface area contributed by atoms with Crippen LogP contribution < -0.4 is 73.9 Å². The Morgan fingerprint density at radius 3 is 1.62 bits per heavy atom. The Labute approximate surface area is 501 Å². The van der Waals surface area contributed by atoms with Crippen LogP contribution in [0.5, 0.6) is 11.5 Å². The second kappa shape index (κ2) is 33.0. The van der Waals surface area contributed by atoms with E-state index in [0.29, 0.717) is 41.6 Å². The second-order valence-corrected chi connectivity index (χ2v) is 20.7. The molecular formula is C54H55N3Na2O15S4. The number of primary sulfonamides is 1. The van der Waals surface area contributed by atoms with Crippen LogP contribution in [-0.4, -0.2) is 93.5 Å². The van der Waals surface area contributed by atoms with Crippen molar-refractivity contribution in [1.82, 2.24) is 0 Å². The fourth-order valence-electron chi connectivity index (χ4n) is 7.31. The molecule has 0 bridgehead atoms. The van der Waals surface area contributed by atoms with Crippen LogP contribution in [0.15, 0.2) is 191 Å². The number of nitrogens with two attached hydrogens (primary N) is 1. The number of phenols is 1. The zero-order valence-corrected chi connectivity index (χ0v) is 51.1. The SMILES string of the molecule is CC(=O)Oc1ccc(C(=O)c2ccccc2)c(O)c1.CCN(Cc1ccccc1)c1ccc(C(=C2C=CC(=[N+](CC)Cc3ccccc3)C=C2)c2ccc(S(N)(=O)=O)cc2S(=O)(=O)[O-])cc1.CS(=O)(=O)[O-].O=S(=O)=O.[CH3-].[Na+].[Na+]. The minimum atomic E-state index is -5.10. The van der Waals surface area contributed by atoms with Crippen molar-refractivity contribution in [2.45, 2.75) is 43.7 Å². The molecule has 78 heavy (non-hydrogen) atoms. The summed E-state index contributed by atoms with van der Waals surface area (Å²) in [6.45, 7) is 8.35. The van der Waals surface area contributed by atoms with E-state index in [9.17, 15) is 36.1 Å². The molecule has 0 spiro atoms. The number of hydrogen-bond acceptors (Lipinski definition) is 16. The van der Waals surface area contributed by atoms with E-state index < -0.39 is 56.6 Å². The molecule has 0 saturated heterocycles. The topological polar surface area (TPSA) is 296 Å². The molecule has 6 aromatic carbocycles. The van der Waals surface area contributed by atoms with E-state index in [1.54, 1.807) is 30.3 Å². The quantitative estimate of drug-likeness (QED) is 0.0293. The molecule has 0 heterocycles. The zero-order chi connectivity index (χ0) is 55.5. The van der Waals surface area contributed by atoms with Crippen LogP contribution in [-0.2, 0) is 58.8 Å². The van der Waals surface area contributed by atoms with E-state index in [2.05, 4.69) is 47.6 Å². The van der Waals surface area contributed by atoms with Gasteiger partial charge in [-0.3, -0.25) is 9.59 Å². The first-order valence-corrected chi connectivity index (χ1v) is 28.1. The van der Waals surface area contributed by atoms with Crippen molar-refractivity contribution < 1.29 is 130 Å². The summed E-state index contributed by atoms with van der Waals surface area (Å²) in [5.74, 6) is -0.781. The number of ether oxygens (including phenoxy) is 1. The summed E-state index contributed by atoms with van der Waals surface area (Å²) in [6.07, 6.45) is 8.29. The van der Waals surface area contributed by atoms with Crippen molar-refractivity contribution in [1.29, 1.82) is 0 Å². The van der Waals surface area contributed by atoms with E-state index in [4.69, 9.17) is 35.5 Å². The number of esters is 1. The van der Waals surface area contributed by atoms with E-state index in [1.807, 2.05) is 85.0 Å². The number of rotatable bonds is 14. The molecule has 6 aromatic rings. The van der Waals surface area contributed by atoms with Gasteiger partial charge in [0, 0.05) is 66.9 Å². The fourth-order valence-corrected chi connectivity index (χ4v) is 8.63. The maximum absolute atomic E-state index is 12.6. The standard InChI is InChI=1S/C37H37N3O5S2.C15H12O4.CH4O3S.CH3.2Na.O3S/c1-3-39(26-28-11-7-5-8-12-28)32-19-15-30(16-20-32)37(35-24-23-34(46(38,41)42)25-36(35)47(43,44)45)31-17-21-33(22-18-31)40(4-2)27-29-13-9-6-10-14-29;1-10(16)19-12-7-8-13(14(17)9-12)15(18)11-5-3-2-4-6-11;1-5(2,3)4;;;;1-4(2)3/h5-25H,3-4,26-27H2,1-2H3,(H2-,38,41,42,43,44,45);2-9,17H,1H3;1H3,(H,2,3,4);1H3;;;/q;;;-1;2*+1;/p-1. The average Bonchev–Trinajstić information content (AvgIpc) is 3.35. The van der Waals surface area contributed by atoms with Crippen molar-refractivity contribution in [2.24, 2.45) is 5.14 Å². The Morgan fingerprint density at radius 2 is 1.17 bits per heavy atom. The molecule has 24 heteroatoms. The number of ketones is 1. The largest absolute Gasteiger partial charge is 1.00 e.